The molecule has 0 amide bonds. The van der Waals surface area contributed by atoms with E-state index in [1.54, 1.807) is 6.20 Å². The summed E-state index contributed by atoms with van der Waals surface area (Å²) in [4.78, 5) is 18.1. The van der Waals surface area contributed by atoms with Crippen LogP contribution in [0.5, 0.6) is 0 Å². The molecule has 0 aromatic carbocycles. The number of likely N-dealkylation sites (tertiary alicyclic amines) is 1. The fourth-order valence-electron chi connectivity index (χ4n) is 4.84. The Bertz CT molecular complexity index is 770. The molecular weight excluding hydrogens is 354 g/mol. The Balaban J connectivity index is 1.25. The lowest BCUT2D eigenvalue weighted by Gasteiger charge is -2.38. The third-order valence-corrected chi connectivity index (χ3v) is 6.38. The smallest absolute Gasteiger partial charge is 0.306 e. The van der Waals surface area contributed by atoms with E-state index in [4.69, 9.17) is 0 Å². The molecule has 3 heterocycles. The molecule has 0 spiro atoms. The van der Waals surface area contributed by atoms with Crippen LogP contribution in [0.15, 0.2) is 30.6 Å². The van der Waals surface area contributed by atoms with E-state index in [-0.39, 0.29) is 5.92 Å². The van der Waals surface area contributed by atoms with Crippen LogP contribution in [0.1, 0.15) is 49.9 Å². The first-order valence-corrected chi connectivity index (χ1v) is 10.4. The van der Waals surface area contributed by atoms with Gasteiger partial charge in [-0.2, -0.15) is 0 Å². The number of aliphatic carboxylic acids is 1. The fraction of sp³-hybridized carbons (Fsp3) is 0.619. The highest BCUT2D eigenvalue weighted by Crippen LogP contribution is 2.38. The van der Waals surface area contributed by atoms with Crippen LogP contribution < -0.4 is 0 Å². The third kappa shape index (κ3) is 4.76. The molecule has 1 aliphatic heterocycles. The molecule has 1 saturated carbocycles. The normalized spacial score (nSPS) is 24.3. The minimum absolute atomic E-state index is 0.120. The second-order valence-corrected chi connectivity index (χ2v) is 8.30. The number of pyridine rings is 1. The second-order valence-electron chi connectivity index (χ2n) is 8.30. The van der Waals surface area contributed by atoms with Crippen molar-refractivity contribution in [1.82, 2.24) is 24.9 Å². The Kier molecular flexibility index (Phi) is 6.00. The summed E-state index contributed by atoms with van der Waals surface area (Å²) in [5.41, 5.74) is 1.98. The van der Waals surface area contributed by atoms with Gasteiger partial charge in [0.25, 0.3) is 0 Å². The zero-order valence-electron chi connectivity index (χ0n) is 16.3. The maximum absolute atomic E-state index is 11.3. The lowest BCUT2D eigenvalue weighted by Crippen LogP contribution is -2.37. The van der Waals surface area contributed by atoms with Gasteiger partial charge in [-0.25, -0.2) is 4.68 Å². The van der Waals surface area contributed by atoms with E-state index in [1.165, 1.54) is 19.3 Å². The molecule has 4 rings (SSSR count). The molecule has 2 fully saturated rings. The van der Waals surface area contributed by atoms with E-state index in [9.17, 15) is 9.90 Å². The second kappa shape index (κ2) is 8.82. The lowest BCUT2D eigenvalue weighted by molar-refractivity contribution is -0.143. The summed E-state index contributed by atoms with van der Waals surface area (Å²) in [6, 6.07) is 5.89. The molecular formula is C21H29N5O2. The average molecular weight is 383 g/mol. The number of carboxylic acids is 1. The van der Waals surface area contributed by atoms with Crippen molar-refractivity contribution in [2.24, 2.45) is 17.8 Å². The van der Waals surface area contributed by atoms with Gasteiger partial charge in [0, 0.05) is 12.7 Å². The third-order valence-electron chi connectivity index (χ3n) is 6.38. The number of hydrogen-bond acceptors (Lipinski definition) is 5. The summed E-state index contributed by atoms with van der Waals surface area (Å²) in [5, 5.41) is 17.9. The number of rotatable bonds is 6. The predicted octanol–water partition coefficient (Wildman–Crippen LogP) is 2.82. The monoisotopic (exact) mass is 383 g/mol. The van der Waals surface area contributed by atoms with Crippen LogP contribution in [0, 0.1) is 17.8 Å². The first-order valence-electron chi connectivity index (χ1n) is 10.4. The molecule has 2 aromatic heterocycles. The van der Waals surface area contributed by atoms with Gasteiger partial charge in [0.05, 0.1) is 30.0 Å². The van der Waals surface area contributed by atoms with Crippen LogP contribution in [0.3, 0.4) is 0 Å². The SMILES string of the molecule is O=C(O)C1CCCC(C2CCN(Cc3cn(Cc4ccccn4)nn3)CC2)C1. The molecule has 150 valence electrons. The fourth-order valence-corrected chi connectivity index (χ4v) is 4.84. The van der Waals surface area contributed by atoms with E-state index >= 15 is 0 Å². The molecule has 2 aromatic rings. The maximum Gasteiger partial charge on any atom is 0.306 e. The molecule has 7 heteroatoms. The van der Waals surface area contributed by atoms with Gasteiger partial charge in [-0.15, -0.1) is 5.10 Å². The molecule has 1 N–H and O–H groups in total. The summed E-state index contributed by atoms with van der Waals surface area (Å²) >= 11 is 0. The standard InChI is InChI=1S/C21H29N5O2/c27-21(28)18-5-3-4-17(12-18)16-7-10-25(11-8-16)13-20-15-26(24-23-20)14-19-6-1-2-9-22-19/h1-2,6,9,15-18H,3-5,7-8,10-14H2,(H,27,28). The zero-order valence-corrected chi connectivity index (χ0v) is 16.3. The molecule has 0 bridgehead atoms. The number of piperidine rings is 1. The number of carboxylic acid groups (broad SMARTS) is 1. The van der Waals surface area contributed by atoms with Crippen LogP contribution in [-0.2, 0) is 17.9 Å². The van der Waals surface area contributed by atoms with Crippen molar-refractivity contribution < 1.29 is 9.90 Å². The van der Waals surface area contributed by atoms with Crippen LogP contribution in [0.25, 0.3) is 0 Å². The highest BCUT2D eigenvalue weighted by Gasteiger charge is 2.33. The molecule has 0 radical (unpaired) electrons. The number of nitrogens with zero attached hydrogens (tertiary/aromatic N) is 5. The Morgan fingerprint density at radius 3 is 2.68 bits per heavy atom. The van der Waals surface area contributed by atoms with Gasteiger partial charge < -0.3 is 5.11 Å². The average Bonchev–Trinajstić information content (AvgIpc) is 3.16. The zero-order chi connectivity index (χ0) is 19.3. The minimum Gasteiger partial charge on any atom is -0.481 e. The van der Waals surface area contributed by atoms with Crippen LogP contribution in [-0.4, -0.2) is 49.0 Å². The molecule has 2 unspecified atom stereocenters. The van der Waals surface area contributed by atoms with E-state index in [0.29, 0.717) is 18.4 Å². The Morgan fingerprint density at radius 1 is 1.07 bits per heavy atom. The summed E-state index contributed by atoms with van der Waals surface area (Å²) in [7, 11) is 0. The van der Waals surface area contributed by atoms with Crippen molar-refractivity contribution in [1.29, 1.82) is 0 Å². The largest absolute Gasteiger partial charge is 0.481 e. The van der Waals surface area contributed by atoms with Gasteiger partial charge in [0.1, 0.15) is 0 Å². The Hall–Kier alpha value is -2.28. The minimum atomic E-state index is -0.601. The Morgan fingerprint density at radius 2 is 1.93 bits per heavy atom. The lowest BCUT2D eigenvalue weighted by atomic mass is 9.72. The van der Waals surface area contributed by atoms with Crippen molar-refractivity contribution in [3.05, 3.63) is 42.0 Å². The van der Waals surface area contributed by atoms with Gasteiger partial charge >= 0.3 is 5.97 Å². The van der Waals surface area contributed by atoms with Crippen LogP contribution in [0.2, 0.25) is 0 Å². The van der Waals surface area contributed by atoms with E-state index < -0.39 is 5.97 Å². The van der Waals surface area contributed by atoms with Crippen molar-refractivity contribution >= 4 is 5.97 Å². The highest BCUT2D eigenvalue weighted by atomic mass is 16.4. The first-order chi connectivity index (χ1) is 13.7. The molecule has 7 nitrogen and oxygen atoms in total. The highest BCUT2D eigenvalue weighted by molar-refractivity contribution is 5.70. The maximum atomic E-state index is 11.3. The van der Waals surface area contributed by atoms with Crippen molar-refractivity contribution in [3.63, 3.8) is 0 Å². The van der Waals surface area contributed by atoms with Crippen molar-refractivity contribution in [3.8, 4) is 0 Å². The predicted molar refractivity (Wildman–Crippen MR) is 104 cm³/mol. The molecule has 1 aliphatic carbocycles. The molecule has 28 heavy (non-hydrogen) atoms. The van der Waals surface area contributed by atoms with E-state index in [2.05, 4.69) is 20.2 Å². The summed E-state index contributed by atoms with van der Waals surface area (Å²) in [5.74, 6) is 0.552. The molecule has 2 atom stereocenters. The quantitative estimate of drug-likeness (QED) is 0.826. The molecule has 1 saturated heterocycles. The van der Waals surface area contributed by atoms with Gasteiger partial charge in [-0.1, -0.05) is 24.1 Å². The number of hydrogen-bond donors (Lipinski definition) is 1. The number of aromatic nitrogens is 4. The number of carbonyl (C=O) groups is 1. The van der Waals surface area contributed by atoms with Crippen LogP contribution >= 0.6 is 0 Å². The Labute approximate surface area is 165 Å². The van der Waals surface area contributed by atoms with E-state index in [0.717, 1.165) is 50.3 Å². The summed E-state index contributed by atoms with van der Waals surface area (Å²) in [6.07, 6.45) is 10.2. The van der Waals surface area contributed by atoms with Gasteiger partial charge in [0.15, 0.2) is 0 Å². The van der Waals surface area contributed by atoms with Crippen molar-refractivity contribution in [2.75, 3.05) is 13.1 Å². The first kappa shape index (κ1) is 19.1. The summed E-state index contributed by atoms with van der Waals surface area (Å²) < 4.78 is 1.85. The summed E-state index contributed by atoms with van der Waals surface area (Å²) in [6.45, 7) is 3.59. The molecule has 2 aliphatic rings. The van der Waals surface area contributed by atoms with Crippen LogP contribution in [0.4, 0.5) is 0 Å². The topological polar surface area (TPSA) is 84.1 Å². The van der Waals surface area contributed by atoms with E-state index in [1.807, 2.05) is 29.1 Å². The van der Waals surface area contributed by atoms with Crippen molar-refractivity contribution in [2.45, 2.75) is 51.6 Å². The van der Waals surface area contributed by atoms with Gasteiger partial charge in [-0.05, 0) is 62.7 Å². The van der Waals surface area contributed by atoms with Gasteiger partial charge in [0.2, 0.25) is 0 Å². The van der Waals surface area contributed by atoms with Gasteiger partial charge in [-0.3, -0.25) is 14.7 Å².